The van der Waals surface area contributed by atoms with E-state index in [-0.39, 0.29) is 45.5 Å². The Labute approximate surface area is 260 Å². The average Bonchev–Trinajstić information content (AvgIpc) is 2.91. The van der Waals surface area contributed by atoms with E-state index in [0.29, 0.717) is 18.8 Å². The van der Waals surface area contributed by atoms with E-state index in [0.717, 1.165) is 22.2 Å². The van der Waals surface area contributed by atoms with Gasteiger partial charge in [0.25, 0.3) is 0 Å². The first-order valence-electron chi connectivity index (χ1n) is 11.5. The Morgan fingerprint density at radius 1 is 0.905 bits per heavy atom. The van der Waals surface area contributed by atoms with E-state index in [4.69, 9.17) is 35.9 Å². The first kappa shape index (κ1) is 37.0. The first-order valence-corrected chi connectivity index (χ1v) is 11.5. The van der Waals surface area contributed by atoms with Gasteiger partial charge in [-0.25, -0.2) is 0 Å². The van der Waals surface area contributed by atoms with Crippen molar-refractivity contribution in [1.82, 2.24) is 14.9 Å². The molecule has 0 spiro atoms. The molecular formula is C26H25CdN7O8. The molecule has 1 amide bonds. The van der Waals surface area contributed by atoms with E-state index in [1.165, 1.54) is 6.92 Å². The number of hydrogen-bond acceptors (Lipinski definition) is 12. The fourth-order valence-electron chi connectivity index (χ4n) is 3.37. The molecule has 15 nitrogen and oxygen atoms in total. The fraction of sp³-hybridized carbons (Fsp3) is 0.154. The zero-order chi connectivity index (χ0) is 30.6. The molecule has 0 aliphatic rings. The summed E-state index contributed by atoms with van der Waals surface area (Å²) in [6, 6.07) is 24.1. The summed E-state index contributed by atoms with van der Waals surface area (Å²) in [6.07, 6.45) is 3.44. The van der Waals surface area contributed by atoms with Crippen LogP contribution in [-0.4, -0.2) is 42.6 Å². The van der Waals surface area contributed by atoms with Gasteiger partial charge in [0.05, 0.1) is 39.7 Å². The van der Waals surface area contributed by atoms with Crippen LogP contribution in [0, 0.1) is 42.0 Å². The third-order valence-electron chi connectivity index (χ3n) is 4.77. The molecule has 0 radical (unpaired) electrons. The van der Waals surface area contributed by atoms with Crippen molar-refractivity contribution in [2.24, 2.45) is 0 Å². The molecule has 0 bridgehead atoms. The zero-order valence-corrected chi connectivity index (χ0v) is 26.4. The molecule has 0 aliphatic heterocycles. The average molecular weight is 676 g/mol. The van der Waals surface area contributed by atoms with Gasteiger partial charge in [-0.1, -0.05) is 42.5 Å². The third-order valence-corrected chi connectivity index (χ3v) is 4.77. The predicted octanol–water partition coefficient (Wildman–Crippen LogP) is 4.03. The van der Waals surface area contributed by atoms with E-state index < -0.39 is 10.2 Å². The number of fused-ring (bicyclic) bond motifs is 1. The number of carbonyl (C=O) groups is 1. The minimum atomic E-state index is -1.75. The van der Waals surface area contributed by atoms with E-state index in [1.807, 2.05) is 65.6 Å². The number of carbonyl (C=O) groups excluding carboxylic acids is 1. The van der Waals surface area contributed by atoms with Crippen molar-refractivity contribution in [2.45, 2.75) is 20.0 Å². The number of nitriles is 1. The summed E-state index contributed by atoms with van der Waals surface area (Å²) in [5.74, 6) is 0.0571. The zero-order valence-electron chi connectivity index (χ0n) is 22.4. The quantitative estimate of drug-likeness (QED) is 0.160. The number of nitrogens with one attached hydrogen (secondary N) is 1. The van der Waals surface area contributed by atoms with Gasteiger partial charge in [-0.2, -0.15) is 5.26 Å². The number of para-hydroxylation sites is 2. The summed E-state index contributed by atoms with van der Waals surface area (Å²) in [6.45, 7) is 2.48. The third kappa shape index (κ3) is 15.6. The fourth-order valence-corrected chi connectivity index (χ4v) is 3.37. The molecular weight excluding hydrogens is 651 g/mol. The smallest absolute Gasteiger partial charge is 0.508 e. The second-order valence-corrected chi connectivity index (χ2v) is 7.69. The minimum absolute atomic E-state index is 0. The van der Waals surface area contributed by atoms with Crippen molar-refractivity contribution in [3.05, 3.63) is 127 Å². The SMILES string of the molecule is CC#N.O=C(CN(Cc1ccccn1)Cc1ccccc1O)Nc1cccc2cccnc12.O=[N+]([O-])[O-].O=[N+]([O-])[O-].[Cd+2]. The van der Waals surface area contributed by atoms with Gasteiger partial charge in [-0.3, -0.25) is 19.7 Å². The van der Waals surface area contributed by atoms with Gasteiger partial charge in [-0.05, 0) is 30.3 Å². The van der Waals surface area contributed by atoms with Crippen molar-refractivity contribution in [3.8, 4) is 11.8 Å². The van der Waals surface area contributed by atoms with Gasteiger partial charge in [0, 0.05) is 43.4 Å². The van der Waals surface area contributed by atoms with Gasteiger partial charge in [-0.15, -0.1) is 0 Å². The number of hydrogen-bond donors (Lipinski definition) is 2. The number of anilines is 1. The Hall–Kier alpha value is -4.96. The molecule has 0 fully saturated rings. The molecule has 4 aromatic rings. The molecule has 0 aliphatic carbocycles. The van der Waals surface area contributed by atoms with E-state index >= 15 is 0 Å². The summed E-state index contributed by atoms with van der Waals surface area (Å²) in [5.41, 5.74) is 3.05. The number of pyridine rings is 2. The molecule has 214 valence electrons. The topological polar surface area (TPSA) is 235 Å². The van der Waals surface area contributed by atoms with Crippen LogP contribution in [0.4, 0.5) is 5.69 Å². The number of nitrogens with zero attached hydrogens (tertiary/aromatic N) is 6. The number of aromatic nitrogens is 2. The minimum Gasteiger partial charge on any atom is -0.508 e. The van der Waals surface area contributed by atoms with Crippen LogP contribution < -0.4 is 5.32 Å². The largest absolute Gasteiger partial charge is 2.00 e. The van der Waals surface area contributed by atoms with Crippen molar-refractivity contribution in [1.29, 1.82) is 5.26 Å². The number of phenols is 1. The number of rotatable bonds is 7. The molecule has 0 unspecified atom stereocenters. The van der Waals surface area contributed by atoms with Crippen LogP contribution in [0.1, 0.15) is 18.2 Å². The van der Waals surface area contributed by atoms with Crippen LogP contribution in [0.2, 0.25) is 0 Å². The Bertz CT molecular complexity index is 1430. The first-order chi connectivity index (χ1) is 19.6. The number of amides is 1. The Balaban J connectivity index is 0.00000121. The van der Waals surface area contributed by atoms with E-state index in [9.17, 15) is 9.90 Å². The van der Waals surface area contributed by atoms with Crippen molar-refractivity contribution >= 4 is 22.5 Å². The summed E-state index contributed by atoms with van der Waals surface area (Å²) >= 11 is 0. The molecule has 0 saturated carbocycles. The van der Waals surface area contributed by atoms with Crippen molar-refractivity contribution in [2.75, 3.05) is 11.9 Å². The van der Waals surface area contributed by atoms with E-state index in [1.54, 1.807) is 30.6 Å². The molecule has 42 heavy (non-hydrogen) atoms. The molecule has 2 heterocycles. The summed E-state index contributed by atoms with van der Waals surface area (Å²) < 4.78 is 0. The van der Waals surface area contributed by atoms with Crippen LogP contribution in [0.5, 0.6) is 5.75 Å². The van der Waals surface area contributed by atoms with Crippen LogP contribution in [0.25, 0.3) is 10.9 Å². The molecule has 2 N–H and O–H groups in total. The Morgan fingerprint density at radius 2 is 1.48 bits per heavy atom. The molecule has 0 atom stereocenters. The number of aromatic hydroxyl groups is 1. The summed E-state index contributed by atoms with van der Waals surface area (Å²) in [7, 11) is 0. The molecule has 16 heteroatoms. The maximum Gasteiger partial charge on any atom is 2.00 e. The molecule has 4 rings (SSSR count). The number of benzene rings is 2. The normalized spacial score (nSPS) is 9.17. The number of phenolic OH excluding ortho intramolecular Hbond substituents is 1. The predicted molar refractivity (Wildman–Crippen MR) is 149 cm³/mol. The maximum atomic E-state index is 12.9. The van der Waals surface area contributed by atoms with Gasteiger partial charge in [0.1, 0.15) is 5.75 Å². The van der Waals surface area contributed by atoms with Crippen LogP contribution >= 0.6 is 0 Å². The van der Waals surface area contributed by atoms with Gasteiger partial charge in [0.2, 0.25) is 5.91 Å². The van der Waals surface area contributed by atoms with E-state index in [2.05, 4.69) is 15.3 Å². The second-order valence-electron chi connectivity index (χ2n) is 7.69. The van der Waals surface area contributed by atoms with Crippen molar-refractivity contribution in [3.63, 3.8) is 0 Å². The monoisotopic (exact) mass is 677 g/mol. The molecule has 2 aromatic carbocycles. The standard InChI is InChI=1S/C24H22N4O2.C2H3N.Cd.2NO3/c29-22-12-2-1-7-19(22)15-28(16-20-10-3-4-13-25-20)17-23(30)27-21-11-5-8-18-9-6-14-26-24(18)21;1-2-3;;2*2-1(3)4/h1-14,29H,15-17H2,(H,27,30);1H3;;;/q;;+2;2*-1. The van der Waals surface area contributed by atoms with Crippen molar-refractivity contribution < 1.29 is 47.4 Å². The Morgan fingerprint density at radius 3 is 2.07 bits per heavy atom. The molecule has 2 aromatic heterocycles. The molecule has 0 saturated heterocycles. The van der Waals surface area contributed by atoms with Crippen LogP contribution in [-0.2, 0) is 45.2 Å². The Kier molecular flexibility index (Phi) is 18.4. The van der Waals surface area contributed by atoms with Gasteiger partial charge < -0.3 is 41.1 Å². The summed E-state index contributed by atoms with van der Waals surface area (Å²) in [4.78, 5) is 40.1. The summed E-state index contributed by atoms with van der Waals surface area (Å²) in [5, 5.41) is 50.9. The van der Waals surface area contributed by atoms with Gasteiger partial charge in [0.15, 0.2) is 0 Å². The van der Waals surface area contributed by atoms with Crippen LogP contribution in [0.3, 0.4) is 0 Å². The maximum absolute atomic E-state index is 12.9. The van der Waals surface area contributed by atoms with Gasteiger partial charge >= 0.3 is 27.3 Å². The van der Waals surface area contributed by atoms with Crippen LogP contribution in [0.15, 0.2) is 85.2 Å². The second kappa shape index (κ2) is 20.9.